The molecule has 1 aliphatic carbocycles. The van der Waals surface area contributed by atoms with Gasteiger partial charge in [-0.2, -0.15) is 0 Å². The minimum Gasteiger partial charge on any atom is -0.391 e. The highest BCUT2D eigenvalue weighted by Gasteiger charge is 2.34. The van der Waals surface area contributed by atoms with Gasteiger partial charge in [0.25, 0.3) is 0 Å². The number of halogens is 1. The molecule has 0 bridgehead atoms. The Kier molecular flexibility index (Phi) is 5.05. The predicted molar refractivity (Wildman–Crippen MR) is 120 cm³/mol. The summed E-state index contributed by atoms with van der Waals surface area (Å²) >= 11 is 6.18. The first kappa shape index (κ1) is 19.3. The topological polar surface area (TPSA) is 75.9 Å². The summed E-state index contributed by atoms with van der Waals surface area (Å²) in [6.45, 7) is 0. The Hall–Kier alpha value is -2.70. The van der Waals surface area contributed by atoms with E-state index in [1.54, 1.807) is 0 Å². The molecule has 0 amide bonds. The molecule has 1 fully saturated rings. The summed E-state index contributed by atoms with van der Waals surface area (Å²) in [4.78, 5) is 13.1. The van der Waals surface area contributed by atoms with Gasteiger partial charge in [0.1, 0.15) is 22.9 Å². The number of aromatic nitrogens is 4. The highest BCUT2D eigenvalue weighted by molar-refractivity contribution is 6.33. The van der Waals surface area contributed by atoms with Crippen LogP contribution in [0.3, 0.4) is 0 Å². The first-order valence-electron chi connectivity index (χ1n) is 10.3. The molecule has 2 N–H and O–H groups in total. The summed E-state index contributed by atoms with van der Waals surface area (Å²) in [5.74, 6) is 1.34. The third-order valence-electron chi connectivity index (χ3n) is 6.27. The van der Waals surface area contributed by atoms with Gasteiger partial charge in [0.2, 0.25) is 0 Å². The first-order valence-corrected chi connectivity index (χ1v) is 10.7. The number of aliphatic hydroxyl groups is 1. The maximum atomic E-state index is 10.7. The Bertz CT molecular complexity index is 1210. The van der Waals surface area contributed by atoms with Gasteiger partial charge in [-0.3, -0.25) is 0 Å². The minimum absolute atomic E-state index is 0.0231. The van der Waals surface area contributed by atoms with E-state index in [0.717, 1.165) is 53.4 Å². The van der Waals surface area contributed by atoms with Gasteiger partial charge in [-0.15, -0.1) is 0 Å². The molecule has 0 unspecified atom stereocenters. The molecule has 3 atom stereocenters. The number of fused-ring (bicyclic) bond motifs is 2. The van der Waals surface area contributed by atoms with Crippen LogP contribution in [0.25, 0.3) is 21.9 Å². The Morgan fingerprint density at radius 2 is 2.03 bits per heavy atom. The van der Waals surface area contributed by atoms with Crippen LogP contribution in [0.2, 0.25) is 5.15 Å². The lowest BCUT2D eigenvalue weighted by atomic mass is 9.97. The lowest BCUT2D eigenvalue weighted by molar-refractivity contribution is 0.136. The van der Waals surface area contributed by atoms with Crippen molar-refractivity contribution in [3.05, 3.63) is 59.6 Å². The maximum Gasteiger partial charge on any atom is 0.145 e. The number of benzene rings is 1. The van der Waals surface area contributed by atoms with Crippen LogP contribution in [0.15, 0.2) is 48.9 Å². The van der Waals surface area contributed by atoms with Crippen LogP contribution in [-0.4, -0.2) is 37.8 Å². The fraction of sp³-hybridized carbons (Fsp3) is 0.348. The van der Waals surface area contributed by atoms with E-state index < -0.39 is 0 Å². The van der Waals surface area contributed by atoms with E-state index >= 15 is 0 Å². The van der Waals surface area contributed by atoms with Crippen LogP contribution in [0.1, 0.15) is 30.9 Å². The zero-order valence-corrected chi connectivity index (χ0v) is 17.5. The number of hydrogen-bond acceptors (Lipinski definition) is 5. The van der Waals surface area contributed by atoms with Crippen LogP contribution in [-0.2, 0) is 6.42 Å². The van der Waals surface area contributed by atoms with Gasteiger partial charge in [-0.05, 0) is 61.4 Å². The molecule has 0 aliphatic heterocycles. The average molecular weight is 422 g/mol. The number of nitrogens with one attached hydrogen (secondary N) is 1. The monoisotopic (exact) mass is 421 g/mol. The van der Waals surface area contributed by atoms with Crippen molar-refractivity contribution in [1.82, 2.24) is 19.5 Å². The molecule has 1 aromatic carbocycles. The molecule has 30 heavy (non-hydrogen) atoms. The van der Waals surface area contributed by atoms with E-state index in [9.17, 15) is 5.11 Å². The lowest BCUT2D eigenvalue weighted by Crippen LogP contribution is -2.17. The first-order chi connectivity index (χ1) is 14.6. The number of nitrogens with zero attached hydrogens (tertiary/aromatic N) is 4. The van der Waals surface area contributed by atoms with Crippen molar-refractivity contribution in [2.24, 2.45) is 5.92 Å². The molecule has 1 aliphatic rings. The summed E-state index contributed by atoms with van der Waals surface area (Å²) in [6, 6.07) is 12.5. The van der Waals surface area contributed by atoms with Gasteiger partial charge < -0.3 is 15.0 Å². The molecule has 0 saturated heterocycles. The van der Waals surface area contributed by atoms with Gasteiger partial charge >= 0.3 is 0 Å². The second-order valence-corrected chi connectivity index (χ2v) is 8.47. The quantitative estimate of drug-likeness (QED) is 0.460. The SMILES string of the molecule is CNc1ccc2ccc(CC[C@@H]3C[C@@H](O)[C@H](n4ccc5c(Cl)ncnc54)C3)cc2n1. The molecule has 7 heteroatoms. The number of aryl methyl sites for hydroxylation is 1. The van der Waals surface area contributed by atoms with Crippen molar-refractivity contribution in [3.63, 3.8) is 0 Å². The van der Waals surface area contributed by atoms with Gasteiger partial charge in [0, 0.05) is 18.6 Å². The Morgan fingerprint density at radius 1 is 1.17 bits per heavy atom. The number of hydrogen-bond donors (Lipinski definition) is 2. The smallest absolute Gasteiger partial charge is 0.145 e. The summed E-state index contributed by atoms with van der Waals surface area (Å²) < 4.78 is 2.06. The third-order valence-corrected chi connectivity index (χ3v) is 6.57. The van der Waals surface area contributed by atoms with Crippen molar-refractivity contribution in [3.8, 4) is 0 Å². The van der Waals surface area contributed by atoms with E-state index in [0.29, 0.717) is 11.1 Å². The van der Waals surface area contributed by atoms with Crippen molar-refractivity contribution >= 4 is 39.4 Å². The van der Waals surface area contributed by atoms with Crippen LogP contribution >= 0.6 is 11.6 Å². The molecule has 0 spiro atoms. The molecule has 4 aromatic rings. The molecule has 1 saturated carbocycles. The van der Waals surface area contributed by atoms with E-state index in [-0.39, 0.29) is 12.1 Å². The fourth-order valence-corrected chi connectivity index (χ4v) is 4.86. The molecule has 154 valence electrons. The Balaban J connectivity index is 1.30. The highest BCUT2D eigenvalue weighted by atomic mass is 35.5. The fourth-order valence-electron chi connectivity index (χ4n) is 4.66. The number of rotatable bonds is 5. The summed E-state index contributed by atoms with van der Waals surface area (Å²) in [5, 5.41) is 16.3. The average Bonchev–Trinajstić information content (AvgIpc) is 3.35. The van der Waals surface area contributed by atoms with Crippen LogP contribution in [0.5, 0.6) is 0 Å². The molecular weight excluding hydrogens is 398 g/mol. The van der Waals surface area contributed by atoms with Gasteiger partial charge in [-0.25, -0.2) is 15.0 Å². The second-order valence-electron chi connectivity index (χ2n) is 8.11. The van der Waals surface area contributed by atoms with Crippen molar-refractivity contribution < 1.29 is 5.11 Å². The molecular formula is C23H24ClN5O. The van der Waals surface area contributed by atoms with Gasteiger partial charge in [0.05, 0.1) is 23.0 Å². The molecule has 0 radical (unpaired) electrons. The normalized spacial score (nSPS) is 21.5. The molecule has 6 nitrogen and oxygen atoms in total. The van der Waals surface area contributed by atoms with E-state index in [4.69, 9.17) is 11.6 Å². The second kappa shape index (κ2) is 7.85. The molecule has 3 heterocycles. The van der Waals surface area contributed by atoms with Crippen molar-refractivity contribution in [1.29, 1.82) is 0 Å². The van der Waals surface area contributed by atoms with E-state index in [1.165, 1.54) is 11.9 Å². The number of aliphatic hydroxyl groups excluding tert-OH is 1. The van der Waals surface area contributed by atoms with Gasteiger partial charge in [-0.1, -0.05) is 23.7 Å². The zero-order chi connectivity index (χ0) is 20.7. The standard InChI is InChI=1S/C23H24ClN5O/c1-25-21-7-6-16-5-4-14(10-18(16)28-21)2-3-15-11-19(20(30)12-15)29-9-8-17-22(24)26-13-27-23(17)29/h4-10,13,15,19-20,30H,2-3,11-12H2,1H3,(H,25,28)/t15-,19+,20+/m0/s1. The minimum atomic E-state index is -0.379. The number of anilines is 1. The Morgan fingerprint density at radius 3 is 2.90 bits per heavy atom. The zero-order valence-electron chi connectivity index (χ0n) is 16.8. The van der Waals surface area contributed by atoms with Crippen LogP contribution in [0, 0.1) is 5.92 Å². The lowest BCUT2D eigenvalue weighted by Gasteiger charge is -2.17. The maximum absolute atomic E-state index is 10.7. The molecule has 5 rings (SSSR count). The molecule has 3 aromatic heterocycles. The van der Waals surface area contributed by atoms with Crippen LogP contribution in [0.4, 0.5) is 5.82 Å². The van der Waals surface area contributed by atoms with E-state index in [2.05, 4.69) is 49.1 Å². The van der Waals surface area contributed by atoms with Gasteiger partial charge in [0.15, 0.2) is 0 Å². The van der Waals surface area contributed by atoms with E-state index in [1.807, 2.05) is 25.4 Å². The summed E-state index contributed by atoms with van der Waals surface area (Å²) in [6.07, 6.45) is 6.83. The summed E-state index contributed by atoms with van der Waals surface area (Å²) in [7, 11) is 1.88. The number of pyridine rings is 1. The third kappa shape index (κ3) is 3.50. The Labute approximate surface area is 179 Å². The van der Waals surface area contributed by atoms with Crippen molar-refractivity contribution in [2.75, 3.05) is 12.4 Å². The van der Waals surface area contributed by atoms with Crippen LogP contribution < -0.4 is 5.32 Å². The summed E-state index contributed by atoms with van der Waals surface area (Å²) in [5.41, 5.74) is 3.09. The highest BCUT2D eigenvalue weighted by Crippen LogP contribution is 2.39. The largest absolute Gasteiger partial charge is 0.391 e. The predicted octanol–water partition coefficient (Wildman–Crippen LogP) is 4.62. The van der Waals surface area contributed by atoms with Crippen molar-refractivity contribution in [2.45, 2.75) is 37.8 Å².